The van der Waals surface area contributed by atoms with Crippen molar-refractivity contribution in [3.63, 3.8) is 0 Å². The highest BCUT2D eigenvalue weighted by molar-refractivity contribution is 5.47. The molecule has 0 aromatic carbocycles. The highest BCUT2D eigenvalue weighted by Crippen LogP contribution is 2.87. The number of ether oxygens (including phenoxy) is 3. The third-order valence-corrected chi connectivity index (χ3v) is 14.2. The number of carbonyl (C=O) groups excluding carboxylic acids is 1. The molecule has 0 bridgehead atoms. The van der Waals surface area contributed by atoms with Gasteiger partial charge in [-0.05, 0) is 123 Å². The predicted molar refractivity (Wildman–Crippen MR) is 150 cm³/mol. The third kappa shape index (κ3) is 3.82. The van der Waals surface area contributed by atoms with Gasteiger partial charge in [0.05, 0.1) is 37.1 Å². The minimum Gasteiger partial charge on any atom is -0.388 e. The van der Waals surface area contributed by atoms with Crippen molar-refractivity contribution in [1.29, 1.82) is 0 Å². The summed E-state index contributed by atoms with van der Waals surface area (Å²) in [7, 11) is 0. The van der Waals surface area contributed by atoms with E-state index in [-0.39, 0.29) is 30.0 Å². The summed E-state index contributed by atoms with van der Waals surface area (Å²) in [6, 6.07) is 0. The fourth-order valence-corrected chi connectivity index (χ4v) is 12.2. The minimum absolute atomic E-state index is 0.0908. The van der Waals surface area contributed by atoms with E-state index in [2.05, 4.69) is 20.8 Å². The Morgan fingerprint density at radius 3 is 2.52 bits per heavy atom. The first-order chi connectivity index (χ1) is 18.9. The minimum atomic E-state index is -1.14. The first-order valence-electron chi connectivity index (χ1n) is 16.4. The lowest BCUT2D eigenvalue weighted by Gasteiger charge is -2.60. The van der Waals surface area contributed by atoms with Crippen molar-refractivity contribution in [3.05, 3.63) is 0 Å². The average molecular weight is 560 g/mol. The van der Waals surface area contributed by atoms with E-state index in [1.54, 1.807) is 18.7 Å². The van der Waals surface area contributed by atoms with Crippen LogP contribution in [0.3, 0.4) is 0 Å². The number of morpholine rings is 1. The van der Waals surface area contributed by atoms with Crippen molar-refractivity contribution in [3.8, 4) is 0 Å². The number of hydrogen-bond donors (Lipinski definition) is 2. The van der Waals surface area contributed by atoms with Crippen LogP contribution >= 0.6 is 0 Å². The van der Waals surface area contributed by atoms with Gasteiger partial charge in [-0.3, -0.25) is 4.79 Å². The normalized spacial score (nSPS) is 51.9. The van der Waals surface area contributed by atoms with Crippen LogP contribution in [0.5, 0.6) is 0 Å². The fourth-order valence-electron chi connectivity index (χ4n) is 12.2. The van der Waals surface area contributed by atoms with Crippen molar-refractivity contribution >= 4 is 6.41 Å². The van der Waals surface area contributed by atoms with Crippen LogP contribution in [0.25, 0.3) is 0 Å². The maximum atomic E-state index is 11.3. The lowest BCUT2D eigenvalue weighted by atomic mass is 9.46. The second kappa shape index (κ2) is 9.14. The molecule has 7 aliphatic rings. The third-order valence-electron chi connectivity index (χ3n) is 14.2. The van der Waals surface area contributed by atoms with Gasteiger partial charge in [-0.15, -0.1) is 0 Å². The lowest BCUT2D eigenvalue weighted by Crippen LogP contribution is -2.56. The molecule has 5 saturated carbocycles. The Morgan fingerprint density at radius 2 is 1.77 bits per heavy atom. The molecule has 0 aromatic heterocycles. The molecule has 2 aliphatic heterocycles. The first-order valence-corrected chi connectivity index (χ1v) is 16.4. The number of rotatable bonds is 5. The summed E-state index contributed by atoms with van der Waals surface area (Å²) in [6.45, 7) is 12.6. The highest BCUT2D eigenvalue weighted by Gasteiger charge is 2.80. The van der Waals surface area contributed by atoms with E-state index in [4.69, 9.17) is 14.2 Å². The summed E-state index contributed by atoms with van der Waals surface area (Å²) in [4.78, 5) is 13.1. The van der Waals surface area contributed by atoms with Crippen LogP contribution in [-0.2, 0) is 19.0 Å². The first kappa shape index (κ1) is 28.1. The van der Waals surface area contributed by atoms with E-state index in [0.717, 1.165) is 38.0 Å². The zero-order chi connectivity index (χ0) is 28.3. The van der Waals surface area contributed by atoms with Crippen LogP contribution in [-0.4, -0.2) is 77.5 Å². The van der Waals surface area contributed by atoms with Gasteiger partial charge in [-0.25, -0.2) is 0 Å². The summed E-state index contributed by atoms with van der Waals surface area (Å²) in [5.74, 6) is 2.74. The number of hydrogen-bond acceptors (Lipinski definition) is 6. The zero-order valence-electron chi connectivity index (χ0n) is 25.4. The molecule has 7 rings (SSSR count). The Bertz CT molecular complexity index is 1010. The molecule has 40 heavy (non-hydrogen) atoms. The van der Waals surface area contributed by atoms with Crippen molar-refractivity contribution in [1.82, 2.24) is 4.90 Å². The van der Waals surface area contributed by atoms with Crippen molar-refractivity contribution in [2.45, 2.75) is 135 Å². The summed E-state index contributed by atoms with van der Waals surface area (Å²) in [5, 5.41) is 21.3. The van der Waals surface area contributed by atoms with E-state index in [1.165, 1.54) is 38.5 Å². The number of aliphatic hydroxyl groups excluding tert-OH is 1. The summed E-state index contributed by atoms with van der Waals surface area (Å²) in [6.07, 6.45) is 12.0. The lowest BCUT2D eigenvalue weighted by molar-refractivity contribution is -0.243. The molecule has 9 unspecified atom stereocenters. The monoisotopic (exact) mass is 559 g/mol. The zero-order valence-corrected chi connectivity index (χ0v) is 25.4. The van der Waals surface area contributed by atoms with Crippen LogP contribution < -0.4 is 0 Å². The topological polar surface area (TPSA) is 88.5 Å². The van der Waals surface area contributed by atoms with Gasteiger partial charge >= 0.3 is 0 Å². The van der Waals surface area contributed by atoms with Gasteiger partial charge in [0.1, 0.15) is 6.10 Å². The molecule has 2 N–H and O–H groups in total. The Morgan fingerprint density at radius 1 is 1.00 bits per heavy atom. The Hall–Kier alpha value is -0.730. The molecule has 7 heteroatoms. The second-order valence-corrected chi connectivity index (χ2v) is 16.5. The average Bonchev–Trinajstić information content (AvgIpc) is 3.49. The van der Waals surface area contributed by atoms with Gasteiger partial charge in [0.25, 0.3) is 0 Å². The van der Waals surface area contributed by atoms with Crippen molar-refractivity contribution in [2.75, 3.05) is 19.7 Å². The maximum Gasteiger partial charge on any atom is 0.209 e. The molecule has 5 aliphatic carbocycles. The molecule has 7 nitrogen and oxygen atoms in total. The highest BCUT2D eigenvalue weighted by atomic mass is 16.7. The van der Waals surface area contributed by atoms with Crippen LogP contribution in [0.15, 0.2) is 0 Å². The summed E-state index contributed by atoms with van der Waals surface area (Å²) < 4.78 is 19.3. The molecule has 0 aromatic rings. The van der Waals surface area contributed by atoms with E-state index >= 15 is 0 Å². The van der Waals surface area contributed by atoms with E-state index in [1.807, 2.05) is 0 Å². The van der Waals surface area contributed by atoms with Gasteiger partial charge in [0.15, 0.2) is 6.29 Å². The van der Waals surface area contributed by atoms with Crippen LogP contribution in [0, 0.1) is 45.3 Å². The van der Waals surface area contributed by atoms with Crippen LogP contribution in [0.2, 0.25) is 0 Å². The number of aliphatic hydroxyl groups is 2. The van der Waals surface area contributed by atoms with Gasteiger partial charge in [0.2, 0.25) is 6.41 Å². The van der Waals surface area contributed by atoms with E-state index < -0.39 is 11.7 Å². The molecule has 2 saturated heterocycles. The molecule has 12 atom stereocenters. The quantitative estimate of drug-likeness (QED) is 0.482. The molecule has 7 fully saturated rings. The number of carbonyl (C=O) groups is 1. The summed E-state index contributed by atoms with van der Waals surface area (Å²) in [5.41, 5.74) is 0.227. The molecular weight excluding hydrogens is 506 g/mol. The van der Waals surface area contributed by atoms with Crippen LogP contribution in [0.4, 0.5) is 0 Å². The van der Waals surface area contributed by atoms with Gasteiger partial charge in [-0.2, -0.15) is 0 Å². The molecule has 2 heterocycles. The number of fused-ring (bicyclic) bond motifs is 4. The van der Waals surface area contributed by atoms with Crippen molar-refractivity contribution < 1.29 is 29.2 Å². The van der Waals surface area contributed by atoms with Crippen LogP contribution in [0.1, 0.15) is 98.8 Å². The van der Waals surface area contributed by atoms with Gasteiger partial charge < -0.3 is 29.3 Å². The molecule has 226 valence electrons. The SMILES string of the molecule is CC12CC[C@@]34CC35CC[C@H](OC3CN(C=O)CCO3)C(C)(C)C5CCC4C1CC1OC([C@H](O)C(C)(C)O)CCC12. The molecule has 2 spiro atoms. The molecular formula is C33H53NO6. The number of nitrogens with zero attached hydrogens (tertiary/aromatic N) is 1. The Kier molecular flexibility index (Phi) is 6.41. The fraction of sp³-hybridized carbons (Fsp3) is 0.970. The molecule has 0 radical (unpaired) electrons. The standard InChI is InChI=1S/C33H53NO6/c1-29(2)25-9-7-20-22-16-24-21(6-8-23(39-24)28(36)30(3,4)37)31(22,5)12-13-32(20)18-33(25,32)11-10-26(29)40-27-17-34(19-35)14-15-38-27/h19-28,36-37H,6-18H2,1-5H3/t20?,21?,22?,23?,24?,25?,26-,27?,28-,31?,32-,33?/m0/s1. The molecule has 1 amide bonds. The Balaban J connectivity index is 1.08. The number of amides is 1. The smallest absolute Gasteiger partial charge is 0.209 e. The van der Waals surface area contributed by atoms with E-state index in [9.17, 15) is 15.0 Å². The van der Waals surface area contributed by atoms with Gasteiger partial charge in [-0.1, -0.05) is 20.8 Å². The summed E-state index contributed by atoms with van der Waals surface area (Å²) >= 11 is 0. The predicted octanol–water partition coefficient (Wildman–Crippen LogP) is 4.52. The second-order valence-electron chi connectivity index (χ2n) is 16.5. The van der Waals surface area contributed by atoms with Crippen molar-refractivity contribution in [2.24, 2.45) is 45.3 Å². The Labute approximate surface area is 240 Å². The maximum absolute atomic E-state index is 11.3. The van der Waals surface area contributed by atoms with Gasteiger partial charge in [0, 0.05) is 6.54 Å². The van der Waals surface area contributed by atoms with E-state index in [0.29, 0.717) is 53.7 Å². The largest absolute Gasteiger partial charge is 0.388 e.